The summed E-state index contributed by atoms with van der Waals surface area (Å²) in [7, 11) is 0. The van der Waals surface area contributed by atoms with E-state index in [1.165, 1.54) is 19.3 Å². The van der Waals surface area contributed by atoms with Gasteiger partial charge in [0.05, 0.1) is 12.4 Å². The summed E-state index contributed by atoms with van der Waals surface area (Å²) in [6, 6.07) is 0.500. The third-order valence-corrected chi connectivity index (χ3v) is 4.20. The lowest BCUT2D eigenvalue weighted by Gasteiger charge is -2.21. The molecular weight excluding hydrogens is 244 g/mol. The van der Waals surface area contributed by atoms with Crippen molar-refractivity contribution in [2.75, 3.05) is 5.32 Å². The van der Waals surface area contributed by atoms with Gasteiger partial charge in [0, 0.05) is 6.04 Å². The van der Waals surface area contributed by atoms with Gasteiger partial charge in [-0.3, -0.25) is 0 Å². The molecule has 1 aliphatic rings. The number of thiocarbonyl (C=S) groups is 1. The van der Waals surface area contributed by atoms with Crippen LogP contribution in [0.4, 0.5) is 5.82 Å². The normalized spacial score (nSPS) is 27.1. The molecule has 0 amide bonds. The van der Waals surface area contributed by atoms with Crippen LogP contribution in [0.15, 0.2) is 12.4 Å². The van der Waals surface area contributed by atoms with E-state index in [4.69, 9.17) is 18.0 Å². The highest BCUT2D eigenvalue weighted by Crippen LogP contribution is 2.35. The molecule has 0 saturated heterocycles. The maximum Gasteiger partial charge on any atom is 0.144 e. The topological polar surface area (TPSA) is 63.8 Å². The van der Waals surface area contributed by atoms with Gasteiger partial charge in [-0.05, 0) is 24.7 Å². The Hall–Kier alpha value is -1.23. The summed E-state index contributed by atoms with van der Waals surface area (Å²) in [5, 5.41) is 3.46. The Balaban J connectivity index is 2.00. The molecule has 1 aliphatic carbocycles. The van der Waals surface area contributed by atoms with E-state index >= 15 is 0 Å². The van der Waals surface area contributed by atoms with Crippen LogP contribution in [0, 0.1) is 11.8 Å². The van der Waals surface area contributed by atoms with Crippen LogP contribution in [0.5, 0.6) is 0 Å². The summed E-state index contributed by atoms with van der Waals surface area (Å²) in [5.74, 6) is 2.32. The predicted octanol–water partition coefficient (Wildman–Crippen LogP) is 2.35. The molecule has 3 atom stereocenters. The van der Waals surface area contributed by atoms with E-state index in [0.29, 0.717) is 17.7 Å². The van der Waals surface area contributed by atoms with Crippen molar-refractivity contribution in [1.29, 1.82) is 0 Å². The fraction of sp³-hybridized carbons (Fsp3) is 0.615. The second-order valence-electron chi connectivity index (χ2n) is 5.01. The van der Waals surface area contributed by atoms with E-state index in [-0.39, 0.29) is 4.99 Å². The average Bonchev–Trinajstić information content (AvgIpc) is 2.71. The van der Waals surface area contributed by atoms with Crippen molar-refractivity contribution in [1.82, 2.24) is 9.97 Å². The van der Waals surface area contributed by atoms with Crippen LogP contribution in [0.1, 0.15) is 38.8 Å². The van der Waals surface area contributed by atoms with Crippen LogP contribution in [-0.4, -0.2) is 21.0 Å². The molecule has 98 valence electrons. The molecule has 1 fully saturated rings. The molecular formula is C13H20N4S. The van der Waals surface area contributed by atoms with Gasteiger partial charge in [-0.25, -0.2) is 9.97 Å². The van der Waals surface area contributed by atoms with Crippen LogP contribution < -0.4 is 11.1 Å². The number of hydrogen-bond donors (Lipinski definition) is 2. The Morgan fingerprint density at radius 2 is 2.22 bits per heavy atom. The Bertz CT molecular complexity index is 418. The molecule has 4 nitrogen and oxygen atoms in total. The molecule has 5 heteroatoms. The molecule has 1 heterocycles. The zero-order valence-electron chi connectivity index (χ0n) is 10.9. The highest BCUT2D eigenvalue weighted by Gasteiger charge is 2.31. The Kier molecular flexibility index (Phi) is 4.11. The molecule has 1 aromatic rings. The van der Waals surface area contributed by atoms with Gasteiger partial charge in [0.2, 0.25) is 0 Å². The number of nitrogens with zero attached hydrogens (tertiary/aromatic N) is 2. The first-order chi connectivity index (χ1) is 8.61. The Labute approximate surface area is 113 Å². The van der Waals surface area contributed by atoms with Crippen LogP contribution in [0.25, 0.3) is 0 Å². The minimum Gasteiger partial charge on any atom is -0.388 e. The largest absolute Gasteiger partial charge is 0.388 e. The van der Waals surface area contributed by atoms with Crippen molar-refractivity contribution < 1.29 is 0 Å². The molecule has 0 aliphatic heterocycles. The first kappa shape index (κ1) is 13.2. The van der Waals surface area contributed by atoms with Crippen LogP contribution in [0.2, 0.25) is 0 Å². The monoisotopic (exact) mass is 264 g/mol. The summed E-state index contributed by atoms with van der Waals surface area (Å²) >= 11 is 4.85. The summed E-state index contributed by atoms with van der Waals surface area (Å²) in [6.45, 7) is 4.58. The fourth-order valence-electron chi connectivity index (χ4n) is 2.75. The third kappa shape index (κ3) is 2.77. The molecule has 0 bridgehead atoms. The maximum atomic E-state index is 5.49. The highest BCUT2D eigenvalue weighted by molar-refractivity contribution is 7.80. The highest BCUT2D eigenvalue weighted by atomic mass is 32.1. The number of nitrogens with two attached hydrogens (primary N) is 1. The van der Waals surface area contributed by atoms with Crippen molar-refractivity contribution in [3.8, 4) is 0 Å². The van der Waals surface area contributed by atoms with Crippen LogP contribution >= 0.6 is 12.2 Å². The number of rotatable bonds is 4. The molecule has 2 rings (SSSR count). The summed E-state index contributed by atoms with van der Waals surface area (Å²) < 4.78 is 0. The molecule has 0 aromatic carbocycles. The van der Waals surface area contributed by atoms with E-state index in [1.54, 1.807) is 12.4 Å². The first-order valence-corrected chi connectivity index (χ1v) is 6.91. The van der Waals surface area contributed by atoms with Gasteiger partial charge in [0.1, 0.15) is 16.5 Å². The third-order valence-electron chi connectivity index (χ3n) is 3.99. The second-order valence-corrected chi connectivity index (χ2v) is 5.45. The summed E-state index contributed by atoms with van der Waals surface area (Å²) in [5.41, 5.74) is 6.07. The number of anilines is 1. The molecule has 1 aromatic heterocycles. The van der Waals surface area contributed by atoms with Crippen LogP contribution in [-0.2, 0) is 0 Å². The second kappa shape index (κ2) is 5.61. The van der Waals surface area contributed by atoms with Gasteiger partial charge in [-0.15, -0.1) is 0 Å². The Morgan fingerprint density at radius 3 is 2.72 bits per heavy atom. The van der Waals surface area contributed by atoms with E-state index in [1.807, 2.05) is 0 Å². The molecule has 3 N–H and O–H groups in total. The summed E-state index contributed by atoms with van der Waals surface area (Å²) in [4.78, 5) is 8.79. The molecule has 3 unspecified atom stereocenters. The Morgan fingerprint density at radius 1 is 1.44 bits per heavy atom. The number of aromatic nitrogens is 2. The minimum atomic E-state index is 0.286. The standard InChI is InChI=1S/C13H20N4S/c1-3-9-4-5-10(8(9)2)17-12-7-15-11(6-16-12)13(14)18/h6-10H,3-5H2,1-2H3,(H2,14,18)(H,16,17). The van der Waals surface area contributed by atoms with Gasteiger partial charge in [-0.2, -0.15) is 0 Å². The summed E-state index contributed by atoms with van der Waals surface area (Å²) in [6.07, 6.45) is 7.10. The van der Waals surface area contributed by atoms with Crippen molar-refractivity contribution in [3.05, 3.63) is 18.1 Å². The number of hydrogen-bond acceptors (Lipinski definition) is 4. The van der Waals surface area contributed by atoms with Crippen molar-refractivity contribution in [2.45, 2.75) is 39.2 Å². The van der Waals surface area contributed by atoms with Crippen molar-refractivity contribution in [3.63, 3.8) is 0 Å². The van der Waals surface area contributed by atoms with Gasteiger partial charge in [-0.1, -0.05) is 32.5 Å². The molecule has 0 spiro atoms. The van der Waals surface area contributed by atoms with Gasteiger partial charge >= 0.3 is 0 Å². The van der Waals surface area contributed by atoms with E-state index < -0.39 is 0 Å². The average molecular weight is 264 g/mol. The molecule has 18 heavy (non-hydrogen) atoms. The smallest absolute Gasteiger partial charge is 0.144 e. The first-order valence-electron chi connectivity index (χ1n) is 6.50. The van der Waals surface area contributed by atoms with Gasteiger partial charge < -0.3 is 11.1 Å². The lowest BCUT2D eigenvalue weighted by Crippen LogP contribution is -2.25. The van der Waals surface area contributed by atoms with E-state index in [2.05, 4.69) is 29.1 Å². The van der Waals surface area contributed by atoms with Gasteiger partial charge in [0.25, 0.3) is 0 Å². The zero-order chi connectivity index (χ0) is 13.1. The SMILES string of the molecule is CCC1CCC(Nc2cnc(C(N)=S)cn2)C1C. The van der Waals surface area contributed by atoms with Crippen molar-refractivity contribution in [2.24, 2.45) is 17.6 Å². The van der Waals surface area contributed by atoms with E-state index in [0.717, 1.165) is 11.7 Å². The lowest BCUT2D eigenvalue weighted by molar-refractivity contribution is 0.391. The predicted molar refractivity (Wildman–Crippen MR) is 77.5 cm³/mol. The fourth-order valence-corrected chi connectivity index (χ4v) is 2.85. The molecule has 1 saturated carbocycles. The van der Waals surface area contributed by atoms with Crippen molar-refractivity contribution >= 4 is 23.0 Å². The van der Waals surface area contributed by atoms with E-state index in [9.17, 15) is 0 Å². The molecule has 0 radical (unpaired) electrons. The quantitative estimate of drug-likeness (QED) is 0.817. The zero-order valence-corrected chi connectivity index (χ0v) is 11.7. The number of nitrogens with one attached hydrogen (secondary N) is 1. The van der Waals surface area contributed by atoms with Gasteiger partial charge in [0.15, 0.2) is 0 Å². The minimum absolute atomic E-state index is 0.286. The lowest BCUT2D eigenvalue weighted by atomic mass is 9.93. The maximum absolute atomic E-state index is 5.49. The van der Waals surface area contributed by atoms with Crippen LogP contribution in [0.3, 0.4) is 0 Å².